The molecule has 1 heterocycles. The maximum absolute atomic E-state index is 5.33. The predicted octanol–water partition coefficient (Wildman–Crippen LogP) is 1.51. The molecular weight excluding hydrogens is 106 g/mol. The molecule has 1 rings (SSSR count). The Balaban J connectivity index is 3.04. The highest BCUT2D eigenvalue weighted by molar-refractivity contribution is 7.11. The fourth-order valence-electron chi connectivity index (χ4n) is 0.378. The van der Waals surface area contributed by atoms with Gasteiger partial charge in [0.15, 0.2) is 0 Å². The van der Waals surface area contributed by atoms with Gasteiger partial charge in [0.25, 0.3) is 0 Å². The molecule has 0 fully saturated rings. The van der Waals surface area contributed by atoms with Crippen molar-refractivity contribution in [3.8, 4) is 0 Å². The molecule has 7 heavy (non-hydrogen) atoms. The number of thiazole rings is 1. The quantitative estimate of drug-likeness (QED) is 0.494. The van der Waals surface area contributed by atoms with E-state index in [0.29, 0.717) is 0 Å². The summed E-state index contributed by atoms with van der Waals surface area (Å²) >= 11 is 1.51. The minimum absolute atomic E-state index is 0.789. The van der Waals surface area contributed by atoms with Gasteiger partial charge in [-0.3, -0.25) is 0 Å². The smallest absolute Gasteiger partial charge is 0.0896 e. The van der Waals surface area contributed by atoms with Crippen molar-refractivity contribution in [1.82, 2.24) is 4.98 Å². The lowest BCUT2D eigenvalue weighted by molar-refractivity contribution is 1.29. The summed E-state index contributed by atoms with van der Waals surface area (Å²) in [5.41, 5.74) is 0. The highest BCUT2D eigenvalue weighted by Gasteiger charge is 1.86. The third kappa shape index (κ3) is 0.996. The molecule has 1 nitrogen and oxygen atoms in total. The van der Waals surface area contributed by atoms with E-state index in [4.69, 9.17) is 6.92 Å². The second-order valence-electron chi connectivity index (χ2n) is 1.28. The fourth-order valence-corrected chi connectivity index (χ4v) is 0.930. The highest BCUT2D eigenvalue weighted by Crippen LogP contribution is 2.07. The molecule has 0 amide bonds. The van der Waals surface area contributed by atoms with Crippen molar-refractivity contribution in [3.05, 3.63) is 23.0 Å². The SMILES string of the molecule is [CH]c1cnc(C)s1. The largest absolute Gasteiger partial charge is 0.250 e. The van der Waals surface area contributed by atoms with Crippen LogP contribution in [0.4, 0.5) is 0 Å². The van der Waals surface area contributed by atoms with Gasteiger partial charge >= 0.3 is 0 Å². The Morgan fingerprint density at radius 3 is 2.71 bits per heavy atom. The van der Waals surface area contributed by atoms with Gasteiger partial charge in [0, 0.05) is 18.0 Å². The van der Waals surface area contributed by atoms with E-state index in [-0.39, 0.29) is 0 Å². The van der Waals surface area contributed by atoms with Crippen molar-refractivity contribution in [3.63, 3.8) is 0 Å². The van der Waals surface area contributed by atoms with E-state index in [0.717, 1.165) is 9.88 Å². The average molecular weight is 111 g/mol. The van der Waals surface area contributed by atoms with Gasteiger partial charge in [-0.2, -0.15) is 0 Å². The van der Waals surface area contributed by atoms with Crippen LogP contribution in [-0.4, -0.2) is 4.98 Å². The van der Waals surface area contributed by atoms with Crippen LogP contribution >= 0.6 is 11.3 Å². The molecule has 1 aromatic heterocycles. The van der Waals surface area contributed by atoms with Gasteiger partial charge in [-0.25, -0.2) is 4.98 Å². The zero-order valence-corrected chi connectivity index (χ0v) is 4.83. The summed E-state index contributed by atoms with van der Waals surface area (Å²) < 4.78 is 0. The molecule has 2 heteroatoms. The molecule has 0 saturated heterocycles. The molecule has 2 radical (unpaired) electrons. The Morgan fingerprint density at radius 2 is 2.57 bits per heavy atom. The summed E-state index contributed by atoms with van der Waals surface area (Å²) in [4.78, 5) is 4.70. The van der Waals surface area contributed by atoms with Gasteiger partial charge < -0.3 is 0 Å². The van der Waals surface area contributed by atoms with Gasteiger partial charge in [-0.1, -0.05) is 0 Å². The molecular formula is C5H5NS. The molecule has 0 saturated carbocycles. The van der Waals surface area contributed by atoms with E-state index in [1.165, 1.54) is 11.3 Å². The minimum atomic E-state index is 0.789. The van der Waals surface area contributed by atoms with Crippen molar-refractivity contribution in [1.29, 1.82) is 0 Å². The van der Waals surface area contributed by atoms with E-state index >= 15 is 0 Å². The topological polar surface area (TPSA) is 12.9 Å². The molecule has 0 aromatic carbocycles. The van der Waals surface area contributed by atoms with E-state index in [2.05, 4.69) is 4.98 Å². The van der Waals surface area contributed by atoms with Gasteiger partial charge in [0.1, 0.15) is 0 Å². The van der Waals surface area contributed by atoms with Crippen molar-refractivity contribution < 1.29 is 0 Å². The number of hydrogen-bond acceptors (Lipinski definition) is 2. The van der Waals surface area contributed by atoms with Crippen LogP contribution in [0.5, 0.6) is 0 Å². The number of hydrogen-bond donors (Lipinski definition) is 0. The Hall–Kier alpha value is -0.370. The first-order valence-electron chi connectivity index (χ1n) is 1.97. The van der Waals surface area contributed by atoms with Crippen LogP contribution in [0.1, 0.15) is 9.88 Å². The maximum Gasteiger partial charge on any atom is 0.0896 e. The zero-order valence-electron chi connectivity index (χ0n) is 4.01. The third-order valence-corrected chi connectivity index (χ3v) is 1.38. The van der Waals surface area contributed by atoms with Gasteiger partial charge in [-0.05, 0) is 6.92 Å². The lowest BCUT2D eigenvalue weighted by Crippen LogP contribution is -1.57. The number of rotatable bonds is 0. The highest BCUT2D eigenvalue weighted by atomic mass is 32.1. The summed E-state index contributed by atoms with van der Waals surface area (Å²) in [5.74, 6) is 0. The normalized spacial score (nSPS) is 9.43. The molecule has 0 N–H and O–H groups in total. The molecule has 0 unspecified atom stereocenters. The van der Waals surface area contributed by atoms with Gasteiger partial charge in [0.2, 0.25) is 0 Å². The van der Waals surface area contributed by atoms with Crippen LogP contribution in [0.2, 0.25) is 0 Å². The first-order chi connectivity index (χ1) is 3.29. The van der Waals surface area contributed by atoms with Crippen LogP contribution in [0.25, 0.3) is 0 Å². The second-order valence-corrected chi connectivity index (χ2v) is 2.55. The lowest BCUT2D eigenvalue weighted by atomic mass is 10.6. The van der Waals surface area contributed by atoms with Crippen LogP contribution in [0.15, 0.2) is 6.20 Å². The van der Waals surface area contributed by atoms with E-state index in [1.807, 2.05) is 6.92 Å². The molecule has 0 atom stereocenters. The van der Waals surface area contributed by atoms with Gasteiger partial charge in [-0.15, -0.1) is 11.3 Å². The van der Waals surface area contributed by atoms with Crippen molar-refractivity contribution in [2.75, 3.05) is 0 Å². The van der Waals surface area contributed by atoms with Crippen molar-refractivity contribution >= 4 is 11.3 Å². The van der Waals surface area contributed by atoms with E-state index < -0.39 is 0 Å². The molecule has 36 valence electrons. The number of aryl methyl sites for hydroxylation is 1. The minimum Gasteiger partial charge on any atom is -0.250 e. The fraction of sp³-hybridized carbons (Fsp3) is 0.200. The molecule has 0 aliphatic carbocycles. The lowest BCUT2D eigenvalue weighted by Gasteiger charge is -1.68. The van der Waals surface area contributed by atoms with Gasteiger partial charge in [0.05, 0.1) is 5.01 Å². The molecule has 1 aromatic rings. The summed E-state index contributed by atoms with van der Waals surface area (Å²) in [7, 11) is 0. The van der Waals surface area contributed by atoms with Crippen LogP contribution in [0, 0.1) is 13.8 Å². The van der Waals surface area contributed by atoms with E-state index in [9.17, 15) is 0 Å². The number of nitrogens with zero attached hydrogens (tertiary/aromatic N) is 1. The summed E-state index contributed by atoms with van der Waals surface area (Å²) in [6.45, 7) is 7.27. The monoisotopic (exact) mass is 111 g/mol. The second kappa shape index (κ2) is 1.62. The van der Waals surface area contributed by atoms with Crippen LogP contribution < -0.4 is 0 Å². The summed E-state index contributed by atoms with van der Waals surface area (Å²) in [6, 6.07) is 0. The Morgan fingerprint density at radius 1 is 1.86 bits per heavy atom. The van der Waals surface area contributed by atoms with E-state index in [1.54, 1.807) is 6.20 Å². The average Bonchev–Trinajstić information content (AvgIpc) is 1.87. The molecule has 0 spiro atoms. The molecule has 0 aliphatic heterocycles. The maximum atomic E-state index is 5.33. The zero-order chi connectivity index (χ0) is 5.28. The summed E-state index contributed by atoms with van der Waals surface area (Å²) in [5, 5.41) is 1.03. The Labute approximate surface area is 47.0 Å². The molecule has 0 aliphatic rings. The summed E-state index contributed by atoms with van der Waals surface area (Å²) in [6.07, 6.45) is 1.67. The Bertz CT molecular complexity index is 140. The van der Waals surface area contributed by atoms with Crippen molar-refractivity contribution in [2.24, 2.45) is 0 Å². The first kappa shape index (κ1) is 4.78. The number of aromatic nitrogens is 1. The van der Waals surface area contributed by atoms with Crippen LogP contribution in [-0.2, 0) is 0 Å². The first-order valence-corrected chi connectivity index (χ1v) is 2.78. The third-order valence-electron chi connectivity index (χ3n) is 0.639. The van der Waals surface area contributed by atoms with Crippen LogP contribution in [0.3, 0.4) is 0 Å². The Kier molecular flexibility index (Phi) is 1.11. The standard InChI is InChI=1S/C5H5NS/c1-4-3-6-5(2)7-4/h1,3H,2H3. The predicted molar refractivity (Wildman–Crippen MR) is 30.3 cm³/mol. The van der Waals surface area contributed by atoms with Crippen molar-refractivity contribution in [2.45, 2.75) is 6.92 Å². The molecule has 0 bridgehead atoms.